The van der Waals surface area contributed by atoms with Crippen LogP contribution in [0.2, 0.25) is 0 Å². The molecule has 0 radical (unpaired) electrons. The standard InChI is InChI=1S/C21H20N4O2/c1-25-17(10-14-23-25)12-15-26-18-6-8-20(9-7-18)27-19-4-2-16(3-5-19)21-11-13-22-24-21/h2-11,13-14H,12,15H2,1H3,(H,22,24). The number of hydrogen-bond acceptors (Lipinski definition) is 4. The van der Waals surface area contributed by atoms with Crippen molar-refractivity contribution in [2.24, 2.45) is 7.05 Å². The maximum Gasteiger partial charge on any atom is 0.127 e. The average molecular weight is 360 g/mol. The van der Waals surface area contributed by atoms with Crippen molar-refractivity contribution in [1.82, 2.24) is 20.0 Å². The van der Waals surface area contributed by atoms with Gasteiger partial charge in [0.05, 0.1) is 12.3 Å². The van der Waals surface area contributed by atoms with E-state index >= 15 is 0 Å². The Morgan fingerprint density at radius 1 is 0.852 bits per heavy atom. The van der Waals surface area contributed by atoms with Gasteiger partial charge in [-0.25, -0.2) is 0 Å². The number of rotatable bonds is 7. The maximum absolute atomic E-state index is 5.89. The minimum Gasteiger partial charge on any atom is -0.493 e. The van der Waals surface area contributed by atoms with Crippen LogP contribution in [0.4, 0.5) is 0 Å². The molecule has 0 amide bonds. The van der Waals surface area contributed by atoms with Crippen molar-refractivity contribution in [2.75, 3.05) is 6.61 Å². The highest BCUT2D eigenvalue weighted by molar-refractivity contribution is 5.59. The summed E-state index contributed by atoms with van der Waals surface area (Å²) in [5.41, 5.74) is 3.19. The molecule has 1 N–H and O–H groups in total. The zero-order valence-electron chi connectivity index (χ0n) is 15.0. The first-order chi connectivity index (χ1) is 13.3. The molecule has 0 aliphatic rings. The van der Waals surface area contributed by atoms with E-state index in [1.54, 1.807) is 12.4 Å². The molecule has 6 nitrogen and oxygen atoms in total. The van der Waals surface area contributed by atoms with Crippen LogP contribution in [0.5, 0.6) is 17.2 Å². The van der Waals surface area contributed by atoms with E-state index in [0.29, 0.717) is 6.61 Å². The summed E-state index contributed by atoms with van der Waals surface area (Å²) < 4.78 is 13.5. The molecule has 0 atom stereocenters. The van der Waals surface area contributed by atoms with E-state index in [4.69, 9.17) is 9.47 Å². The van der Waals surface area contributed by atoms with Crippen molar-refractivity contribution in [3.8, 4) is 28.5 Å². The van der Waals surface area contributed by atoms with Crippen LogP contribution >= 0.6 is 0 Å². The number of H-pyrrole nitrogens is 1. The van der Waals surface area contributed by atoms with Crippen LogP contribution < -0.4 is 9.47 Å². The lowest BCUT2D eigenvalue weighted by Gasteiger charge is -2.09. The van der Waals surface area contributed by atoms with Crippen molar-refractivity contribution in [2.45, 2.75) is 6.42 Å². The van der Waals surface area contributed by atoms with Gasteiger partial charge in [-0.2, -0.15) is 10.2 Å². The Morgan fingerprint density at radius 2 is 1.56 bits per heavy atom. The summed E-state index contributed by atoms with van der Waals surface area (Å²) in [6.45, 7) is 0.606. The number of aromatic nitrogens is 4. The minimum absolute atomic E-state index is 0.606. The van der Waals surface area contributed by atoms with Gasteiger partial charge in [0.15, 0.2) is 0 Å². The predicted octanol–water partition coefficient (Wildman–Crippen LogP) is 4.22. The molecule has 0 unspecified atom stereocenters. The molecule has 0 bridgehead atoms. The summed E-state index contributed by atoms with van der Waals surface area (Å²) in [5.74, 6) is 2.37. The third-order valence-corrected chi connectivity index (χ3v) is 4.27. The van der Waals surface area contributed by atoms with Gasteiger partial charge in [0, 0.05) is 31.6 Å². The van der Waals surface area contributed by atoms with Crippen LogP contribution in [0.1, 0.15) is 5.69 Å². The van der Waals surface area contributed by atoms with Gasteiger partial charge in [-0.15, -0.1) is 0 Å². The molecular weight excluding hydrogens is 340 g/mol. The Labute approximate surface area is 157 Å². The van der Waals surface area contributed by atoms with Gasteiger partial charge in [0.1, 0.15) is 17.2 Å². The van der Waals surface area contributed by atoms with Crippen LogP contribution in [0.15, 0.2) is 73.1 Å². The molecule has 0 aliphatic heterocycles. The van der Waals surface area contributed by atoms with Crippen molar-refractivity contribution in [1.29, 1.82) is 0 Å². The summed E-state index contributed by atoms with van der Waals surface area (Å²) in [6, 6.07) is 19.4. The van der Waals surface area contributed by atoms with Gasteiger partial charge >= 0.3 is 0 Å². The van der Waals surface area contributed by atoms with Gasteiger partial charge in [-0.05, 0) is 66.2 Å². The molecule has 2 aromatic heterocycles. The smallest absolute Gasteiger partial charge is 0.127 e. The van der Waals surface area contributed by atoms with Crippen molar-refractivity contribution in [3.05, 3.63) is 78.8 Å². The molecule has 0 spiro atoms. The lowest BCUT2D eigenvalue weighted by molar-refractivity contribution is 0.318. The van der Waals surface area contributed by atoms with Crippen LogP contribution in [0, 0.1) is 0 Å². The van der Waals surface area contributed by atoms with Gasteiger partial charge in [-0.3, -0.25) is 9.78 Å². The highest BCUT2D eigenvalue weighted by Gasteiger charge is 2.03. The molecule has 4 rings (SSSR count). The SMILES string of the molecule is Cn1nccc1CCOc1ccc(Oc2ccc(-c3ccn[nH]3)cc2)cc1. The quantitative estimate of drug-likeness (QED) is 0.536. The van der Waals surface area contributed by atoms with Crippen LogP contribution in [0.3, 0.4) is 0 Å². The average Bonchev–Trinajstić information content (AvgIpc) is 3.36. The lowest BCUT2D eigenvalue weighted by atomic mass is 10.1. The molecular formula is C21H20N4O2. The Hall–Kier alpha value is -3.54. The largest absolute Gasteiger partial charge is 0.493 e. The van der Waals surface area contributed by atoms with Crippen molar-refractivity contribution < 1.29 is 9.47 Å². The Morgan fingerprint density at radius 3 is 2.19 bits per heavy atom. The second kappa shape index (κ2) is 7.78. The summed E-state index contributed by atoms with van der Waals surface area (Å²) in [6.07, 6.45) is 4.35. The normalized spacial score (nSPS) is 10.7. The fourth-order valence-electron chi connectivity index (χ4n) is 2.78. The van der Waals surface area contributed by atoms with Crippen molar-refractivity contribution in [3.63, 3.8) is 0 Å². The number of aromatic amines is 1. The molecule has 6 heteroatoms. The summed E-state index contributed by atoms with van der Waals surface area (Å²) in [7, 11) is 1.93. The van der Waals surface area contributed by atoms with Gasteiger partial charge < -0.3 is 9.47 Å². The maximum atomic E-state index is 5.89. The molecule has 0 saturated carbocycles. The summed E-state index contributed by atoms with van der Waals surface area (Å²) in [5, 5.41) is 11.1. The van der Waals surface area contributed by atoms with Crippen LogP contribution in [-0.4, -0.2) is 26.6 Å². The van der Waals surface area contributed by atoms with E-state index < -0.39 is 0 Å². The fourth-order valence-corrected chi connectivity index (χ4v) is 2.78. The number of nitrogens with zero attached hydrogens (tertiary/aromatic N) is 3. The number of benzene rings is 2. The zero-order chi connectivity index (χ0) is 18.5. The number of aryl methyl sites for hydroxylation is 1. The highest BCUT2D eigenvalue weighted by Crippen LogP contribution is 2.26. The first-order valence-electron chi connectivity index (χ1n) is 8.75. The molecule has 0 fully saturated rings. The lowest BCUT2D eigenvalue weighted by Crippen LogP contribution is -2.05. The molecule has 2 aromatic carbocycles. The zero-order valence-corrected chi connectivity index (χ0v) is 15.0. The number of hydrogen-bond donors (Lipinski definition) is 1. The first-order valence-corrected chi connectivity index (χ1v) is 8.75. The minimum atomic E-state index is 0.606. The topological polar surface area (TPSA) is 65.0 Å². The number of ether oxygens (including phenoxy) is 2. The highest BCUT2D eigenvalue weighted by atomic mass is 16.5. The van der Waals surface area contributed by atoms with E-state index in [9.17, 15) is 0 Å². The van der Waals surface area contributed by atoms with Gasteiger partial charge in [0.25, 0.3) is 0 Å². The van der Waals surface area contributed by atoms with Gasteiger partial charge in [-0.1, -0.05) is 0 Å². The molecule has 2 heterocycles. The van der Waals surface area contributed by atoms with Crippen LogP contribution in [-0.2, 0) is 13.5 Å². The molecule has 0 aliphatic carbocycles. The third-order valence-electron chi connectivity index (χ3n) is 4.27. The molecule has 136 valence electrons. The van der Waals surface area contributed by atoms with Crippen LogP contribution in [0.25, 0.3) is 11.3 Å². The molecule has 27 heavy (non-hydrogen) atoms. The Balaban J connectivity index is 1.31. The van der Waals surface area contributed by atoms with E-state index in [1.807, 2.05) is 72.4 Å². The monoisotopic (exact) mass is 360 g/mol. The van der Waals surface area contributed by atoms with E-state index in [2.05, 4.69) is 15.3 Å². The second-order valence-corrected chi connectivity index (χ2v) is 6.11. The Kier molecular flexibility index (Phi) is 4.87. The predicted molar refractivity (Wildman–Crippen MR) is 103 cm³/mol. The fraction of sp³-hybridized carbons (Fsp3) is 0.143. The molecule has 0 saturated heterocycles. The molecule has 4 aromatic rings. The second-order valence-electron chi connectivity index (χ2n) is 6.11. The Bertz CT molecular complexity index is 974. The number of nitrogens with one attached hydrogen (secondary N) is 1. The van der Waals surface area contributed by atoms with E-state index in [0.717, 1.165) is 40.6 Å². The first kappa shape index (κ1) is 16.9. The van der Waals surface area contributed by atoms with Gasteiger partial charge in [0.2, 0.25) is 0 Å². The third kappa shape index (κ3) is 4.17. The van der Waals surface area contributed by atoms with E-state index in [-0.39, 0.29) is 0 Å². The van der Waals surface area contributed by atoms with Crippen molar-refractivity contribution >= 4 is 0 Å². The summed E-state index contributed by atoms with van der Waals surface area (Å²) >= 11 is 0. The summed E-state index contributed by atoms with van der Waals surface area (Å²) in [4.78, 5) is 0. The van der Waals surface area contributed by atoms with E-state index in [1.165, 1.54) is 0 Å².